The molecule has 0 spiro atoms. The molecule has 2 aromatic heterocycles. The fraction of sp³-hybridized carbons (Fsp3) is 0.267. The normalized spacial score (nSPS) is 11.6. The van der Waals surface area contributed by atoms with Crippen molar-refractivity contribution in [1.82, 2.24) is 0 Å². The number of methoxy groups -OCH3 is 4. The van der Waals surface area contributed by atoms with Crippen LogP contribution in [0.15, 0.2) is 79.1 Å². The first-order chi connectivity index (χ1) is 18.8. The second-order valence-corrected chi connectivity index (χ2v) is 8.80. The van der Waals surface area contributed by atoms with Crippen molar-refractivity contribution in [2.75, 3.05) is 28.4 Å². The summed E-state index contributed by atoms with van der Waals surface area (Å²) in [7, 11) is 6.07. The fourth-order valence-electron chi connectivity index (χ4n) is 4.34. The van der Waals surface area contributed by atoms with Crippen LogP contribution in [0.5, 0.6) is 28.7 Å². The Morgan fingerprint density at radius 1 is 0.744 bits per heavy atom. The molecule has 4 rings (SSSR count). The molecule has 0 saturated heterocycles. The van der Waals surface area contributed by atoms with Gasteiger partial charge in [-0.05, 0) is 48.2 Å². The molecule has 0 bridgehead atoms. The highest BCUT2D eigenvalue weighted by Gasteiger charge is 2.25. The average molecular weight is 535 g/mol. The highest BCUT2D eigenvalue weighted by atomic mass is 16.5. The van der Waals surface area contributed by atoms with E-state index in [0.29, 0.717) is 41.4 Å². The van der Waals surface area contributed by atoms with Crippen molar-refractivity contribution in [3.63, 3.8) is 0 Å². The Bertz CT molecular complexity index is 1530. The Morgan fingerprint density at radius 2 is 1.46 bits per heavy atom. The number of benzene rings is 2. The molecule has 0 radical (unpaired) electrons. The summed E-state index contributed by atoms with van der Waals surface area (Å²) < 4.78 is 32.3. The maximum Gasteiger partial charge on any atom is 0.342 e. The molecular formula is C30H30O9. The quantitative estimate of drug-likeness (QED) is 0.297. The number of aryl methyl sites for hydroxylation is 2. The molecule has 0 aliphatic heterocycles. The van der Waals surface area contributed by atoms with Gasteiger partial charge in [0.25, 0.3) is 0 Å². The zero-order valence-electron chi connectivity index (χ0n) is 22.2. The molecule has 204 valence electrons. The summed E-state index contributed by atoms with van der Waals surface area (Å²) in [5, 5.41) is 10.9. The van der Waals surface area contributed by atoms with E-state index < -0.39 is 17.2 Å². The molecule has 2 heterocycles. The first kappa shape index (κ1) is 27.4. The number of hydrogen-bond acceptors (Lipinski definition) is 9. The van der Waals surface area contributed by atoms with E-state index in [1.54, 1.807) is 31.4 Å². The summed E-state index contributed by atoms with van der Waals surface area (Å²) in [5.41, 5.74) is 0.457. The fourth-order valence-corrected chi connectivity index (χ4v) is 4.34. The molecule has 9 nitrogen and oxygen atoms in total. The van der Waals surface area contributed by atoms with Crippen molar-refractivity contribution in [2.45, 2.75) is 25.2 Å². The minimum absolute atomic E-state index is 0.0154. The van der Waals surface area contributed by atoms with Gasteiger partial charge in [-0.15, -0.1) is 0 Å². The van der Waals surface area contributed by atoms with E-state index in [9.17, 15) is 14.7 Å². The highest BCUT2D eigenvalue weighted by Crippen LogP contribution is 2.36. The zero-order valence-corrected chi connectivity index (χ0v) is 22.2. The number of rotatable bonds is 11. The Hall–Kier alpha value is -4.66. The topological polar surface area (TPSA) is 118 Å². The van der Waals surface area contributed by atoms with E-state index in [0.717, 1.165) is 11.3 Å². The summed E-state index contributed by atoms with van der Waals surface area (Å²) in [6.45, 7) is 0. The maximum atomic E-state index is 13.1. The van der Waals surface area contributed by atoms with Gasteiger partial charge in [-0.25, -0.2) is 9.59 Å². The monoisotopic (exact) mass is 534 g/mol. The van der Waals surface area contributed by atoms with Gasteiger partial charge in [0, 0.05) is 24.5 Å². The molecule has 0 aliphatic rings. The van der Waals surface area contributed by atoms with E-state index in [1.807, 2.05) is 24.3 Å². The molecule has 4 aromatic rings. The van der Waals surface area contributed by atoms with E-state index in [1.165, 1.54) is 33.5 Å². The van der Waals surface area contributed by atoms with Gasteiger partial charge in [0.15, 0.2) is 11.5 Å². The van der Waals surface area contributed by atoms with Crippen LogP contribution in [0.2, 0.25) is 0 Å². The Morgan fingerprint density at radius 3 is 2.10 bits per heavy atom. The van der Waals surface area contributed by atoms with Crippen LogP contribution < -0.4 is 30.2 Å². The van der Waals surface area contributed by atoms with Crippen molar-refractivity contribution >= 4 is 0 Å². The summed E-state index contributed by atoms with van der Waals surface area (Å²) in [5.74, 6) is 1.76. The Labute approximate surface area is 225 Å². The van der Waals surface area contributed by atoms with Gasteiger partial charge in [-0.3, -0.25) is 0 Å². The maximum absolute atomic E-state index is 13.1. The first-order valence-electron chi connectivity index (χ1n) is 12.2. The van der Waals surface area contributed by atoms with Crippen LogP contribution in [0.3, 0.4) is 0 Å². The Balaban J connectivity index is 1.68. The summed E-state index contributed by atoms with van der Waals surface area (Å²) in [6, 6.07) is 17.0. The van der Waals surface area contributed by atoms with E-state index >= 15 is 0 Å². The molecule has 1 N–H and O–H groups in total. The van der Waals surface area contributed by atoms with Crippen LogP contribution in [-0.4, -0.2) is 33.5 Å². The molecule has 2 aromatic carbocycles. The summed E-state index contributed by atoms with van der Waals surface area (Å²) in [4.78, 5) is 25.3. The number of hydrogen-bond donors (Lipinski definition) is 1. The molecule has 9 heteroatoms. The van der Waals surface area contributed by atoms with Crippen molar-refractivity contribution < 1.29 is 32.9 Å². The molecule has 0 fully saturated rings. The van der Waals surface area contributed by atoms with Crippen molar-refractivity contribution in [3.05, 3.63) is 110 Å². The van der Waals surface area contributed by atoms with Crippen molar-refractivity contribution in [2.24, 2.45) is 0 Å². The third-order valence-electron chi connectivity index (χ3n) is 6.46. The number of ether oxygens (including phenoxy) is 4. The second-order valence-electron chi connectivity index (χ2n) is 8.80. The lowest BCUT2D eigenvalue weighted by Crippen LogP contribution is -2.16. The van der Waals surface area contributed by atoms with Crippen molar-refractivity contribution in [3.8, 4) is 28.7 Å². The molecule has 1 unspecified atom stereocenters. The minimum atomic E-state index is -0.671. The van der Waals surface area contributed by atoms with E-state index in [4.69, 9.17) is 27.8 Å². The molecule has 0 amide bonds. The van der Waals surface area contributed by atoms with Gasteiger partial charge in [-0.2, -0.15) is 0 Å². The van der Waals surface area contributed by atoms with Gasteiger partial charge in [0.1, 0.15) is 28.8 Å². The lowest BCUT2D eigenvalue weighted by Gasteiger charge is -2.19. The minimum Gasteiger partial charge on any atom is -0.507 e. The first-order valence-corrected chi connectivity index (χ1v) is 12.2. The lowest BCUT2D eigenvalue weighted by atomic mass is 9.89. The zero-order chi connectivity index (χ0) is 27.9. The molecule has 0 saturated carbocycles. The van der Waals surface area contributed by atoms with E-state index in [2.05, 4.69) is 0 Å². The van der Waals surface area contributed by atoms with Gasteiger partial charge < -0.3 is 32.9 Å². The van der Waals surface area contributed by atoms with Crippen LogP contribution in [0.1, 0.15) is 34.1 Å². The molecule has 0 aliphatic carbocycles. The van der Waals surface area contributed by atoms with Gasteiger partial charge in [0.2, 0.25) is 0 Å². The largest absolute Gasteiger partial charge is 0.507 e. The molecule has 1 atom stereocenters. The Kier molecular flexibility index (Phi) is 8.60. The van der Waals surface area contributed by atoms with Gasteiger partial charge >= 0.3 is 11.3 Å². The third kappa shape index (κ3) is 6.43. The summed E-state index contributed by atoms with van der Waals surface area (Å²) >= 11 is 0. The third-order valence-corrected chi connectivity index (χ3v) is 6.46. The van der Waals surface area contributed by atoms with Crippen LogP contribution in [0, 0.1) is 0 Å². The van der Waals surface area contributed by atoms with Crippen LogP contribution >= 0.6 is 0 Å². The highest BCUT2D eigenvalue weighted by molar-refractivity contribution is 5.46. The SMILES string of the molecule is COc1ccc(CCc2cc(O)c(CC(c3ccc(OC)c(OC)c3)c3cc(OC)cc(=O)o3)c(=O)o2)cc1. The summed E-state index contributed by atoms with van der Waals surface area (Å²) in [6.07, 6.45) is 1.01. The second kappa shape index (κ2) is 12.3. The predicted molar refractivity (Wildman–Crippen MR) is 144 cm³/mol. The number of aromatic hydroxyl groups is 1. The van der Waals surface area contributed by atoms with Crippen LogP contribution in [0.25, 0.3) is 0 Å². The lowest BCUT2D eigenvalue weighted by molar-refractivity contribution is 0.353. The van der Waals surface area contributed by atoms with Crippen molar-refractivity contribution in [1.29, 1.82) is 0 Å². The molecular weight excluding hydrogens is 504 g/mol. The standard InChI is InChI=1S/C30H30O9/c1-34-20-9-5-18(6-10-20)7-11-21-14-25(31)24(30(33)38-21)17-23(27-15-22(35-2)16-29(32)39-27)19-8-12-26(36-3)28(13-19)37-4/h5-6,8-10,12-16,23,31H,7,11,17H2,1-4H3. The predicted octanol–water partition coefficient (Wildman–Crippen LogP) is 4.49. The van der Waals surface area contributed by atoms with Gasteiger partial charge in [0.05, 0.1) is 40.1 Å². The molecule has 39 heavy (non-hydrogen) atoms. The smallest absolute Gasteiger partial charge is 0.342 e. The average Bonchev–Trinajstić information content (AvgIpc) is 2.95. The van der Waals surface area contributed by atoms with Crippen LogP contribution in [-0.2, 0) is 19.3 Å². The van der Waals surface area contributed by atoms with E-state index in [-0.39, 0.29) is 23.5 Å². The van der Waals surface area contributed by atoms with Crippen LogP contribution in [0.4, 0.5) is 0 Å². The van der Waals surface area contributed by atoms with Gasteiger partial charge in [-0.1, -0.05) is 18.2 Å².